The molecule has 1 aliphatic heterocycles. The van der Waals surface area contributed by atoms with Gasteiger partial charge in [0, 0.05) is 12.5 Å². The highest BCUT2D eigenvalue weighted by Gasteiger charge is 2.30. The van der Waals surface area contributed by atoms with Crippen LogP contribution in [0.2, 0.25) is 0 Å². The van der Waals surface area contributed by atoms with E-state index in [1.165, 1.54) is 11.1 Å². The summed E-state index contributed by atoms with van der Waals surface area (Å²) >= 11 is 0. The minimum absolute atomic E-state index is 0.235. The predicted octanol–water partition coefficient (Wildman–Crippen LogP) is 2.37. The van der Waals surface area contributed by atoms with Crippen molar-refractivity contribution < 1.29 is 14.3 Å². The summed E-state index contributed by atoms with van der Waals surface area (Å²) in [7, 11) is 0. The Balaban J connectivity index is 1.85. The van der Waals surface area contributed by atoms with Crippen molar-refractivity contribution in [1.29, 1.82) is 0 Å². The Morgan fingerprint density at radius 1 is 1.40 bits per heavy atom. The number of hydrogen-bond acceptors (Lipinski definition) is 4. The van der Waals surface area contributed by atoms with Gasteiger partial charge >= 0.3 is 5.97 Å². The summed E-state index contributed by atoms with van der Waals surface area (Å²) in [6.07, 6.45) is 3.56. The second kappa shape index (κ2) is 5.83. The molecular weight excluding hydrogens is 254 g/mol. The molecule has 1 aliphatic carbocycles. The molecule has 0 amide bonds. The molecule has 3 rings (SSSR count). The highest BCUT2D eigenvalue weighted by Crippen LogP contribution is 2.36. The summed E-state index contributed by atoms with van der Waals surface area (Å²) in [5, 5.41) is 3.52. The average Bonchev–Trinajstić information content (AvgIpc) is 2.86. The molecule has 0 radical (unpaired) electrons. The van der Waals surface area contributed by atoms with Crippen LogP contribution >= 0.6 is 0 Å². The standard InChI is InChI=1S/C16H21NO3/c1-2-17-13-7-3-6-12-11(13)5-4-8-14(12)20-15-9-10-19-16(15)18/h4-5,8,13,15,17H,2-3,6-7,9-10H2,1H3. The Morgan fingerprint density at radius 2 is 2.30 bits per heavy atom. The number of fused-ring (bicyclic) bond motifs is 1. The monoisotopic (exact) mass is 275 g/mol. The molecule has 2 unspecified atom stereocenters. The second-order valence-electron chi connectivity index (χ2n) is 5.39. The first-order valence-electron chi connectivity index (χ1n) is 7.48. The van der Waals surface area contributed by atoms with E-state index in [9.17, 15) is 4.79 Å². The summed E-state index contributed by atoms with van der Waals surface area (Å²) in [6, 6.07) is 6.56. The van der Waals surface area contributed by atoms with Crippen molar-refractivity contribution in [2.75, 3.05) is 13.2 Å². The molecule has 1 fully saturated rings. The van der Waals surface area contributed by atoms with Gasteiger partial charge in [0.1, 0.15) is 5.75 Å². The molecule has 4 nitrogen and oxygen atoms in total. The summed E-state index contributed by atoms with van der Waals surface area (Å²) < 4.78 is 10.9. The van der Waals surface area contributed by atoms with Gasteiger partial charge < -0.3 is 14.8 Å². The number of carbonyl (C=O) groups is 1. The van der Waals surface area contributed by atoms with Gasteiger partial charge in [-0.25, -0.2) is 4.79 Å². The van der Waals surface area contributed by atoms with Crippen LogP contribution in [0, 0.1) is 0 Å². The number of benzene rings is 1. The van der Waals surface area contributed by atoms with E-state index in [0.717, 1.165) is 31.6 Å². The van der Waals surface area contributed by atoms with Gasteiger partial charge in [-0.2, -0.15) is 0 Å². The van der Waals surface area contributed by atoms with Crippen LogP contribution in [0.15, 0.2) is 18.2 Å². The van der Waals surface area contributed by atoms with Crippen LogP contribution in [0.3, 0.4) is 0 Å². The van der Waals surface area contributed by atoms with Crippen molar-refractivity contribution in [3.05, 3.63) is 29.3 Å². The Labute approximate surface area is 119 Å². The lowest BCUT2D eigenvalue weighted by Crippen LogP contribution is -2.27. The molecule has 4 heteroatoms. The smallest absolute Gasteiger partial charge is 0.347 e. The maximum atomic E-state index is 11.6. The Kier molecular flexibility index (Phi) is 3.92. The third-order valence-corrected chi connectivity index (χ3v) is 4.07. The molecule has 1 saturated heterocycles. The molecule has 2 aliphatic rings. The highest BCUT2D eigenvalue weighted by atomic mass is 16.6. The first-order chi connectivity index (χ1) is 9.79. The quantitative estimate of drug-likeness (QED) is 0.857. The molecule has 0 aromatic heterocycles. The second-order valence-corrected chi connectivity index (χ2v) is 5.39. The Hall–Kier alpha value is -1.55. The number of carbonyl (C=O) groups excluding carboxylic acids is 1. The molecule has 1 aromatic carbocycles. The maximum absolute atomic E-state index is 11.6. The average molecular weight is 275 g/mol. The van der Waals surface area contributed by atoms with Crippen molar-refractivity contribution in [3.8, 4) is 5.75 Å². The molecule has 108 valence electrons. The van der Waals surface area contributed by atoms with Crippen LogP contribution in [0.5, 0.6) is 5.75 Å². The van der Waals surface area contributed by atoms with Gasteiger partial charge in [-0.1, -0.05) is 19.1 Å². The van der Waals surface area contributed by atoms with Gasteiger partial charge in [-0.05, 0) is 43.0 Å². The lowest BCUT2D eigenvalue weighted by molar-refractivity contribution is -0.143. The van der Waals surface area contributed by atoms with Crippen LogP contribution < -0.4 is 10.1 Å². The number of nitrogens with one attached hydrogen (secondary N) is 1. The minimum atomic E-state index is -0.430. The van der Waals surface area contributed by atoms with Gasteiger partial charge in [0.2, 0.25) is 0 Å². The molecular formula is C16H21NO3. The SMILES string of the molecule is CCNC1CCCc2c(OC3CCOC3=O)cccc21. The van der Waals surface area contributed by atoms with E-state index in [1.807, 2.05) is 12.1 Å². The van der Waals surface area contributed by atoms with Crippen LogP contribution in [0.4, 0.5) is 0 Å². The molecule has 20 heavy (non-hydrogen) atoms. The van der Waals surface area contributed by atoms with E-state index in [4.69, 9.17) is 9.47 Å². The number of esters is 1. The summed E-state index contributed by atoms with van der Waals surface area (Å²) in [5.74, 6) is 0.621. The number of cyclic esters (lactones) is 1. The lowest BCUT2D eigenvalue weighted by Gasteiger charge is -2.28. The molecule has 0 bridgehead atoms. The largest absolute Gasteiger partial charge is 0.478 e. The number of rotatable bonds is 4. The van der Waals surface area contributed by atoms with Crippen LogP contribution in [0.1, 0.15) is 43.4 Å². The predicted molar refractivity (Wildman–Crippen MR) is 75.8 cm³/mol. The molecule has 2 atom stereocenters. The zero-order valence-electron chi connectivity index (χ0n) is 11.9. The van der Waals surface area contributed by atoms with E-state index in [-0.39, 0.29) is 5.97 Å². The zero-order chi connectivity index (χ0) is 13.9. The lowest BCUT2D eigenvalue weighted by atomic mass is 9.87. The van der Waals surface area contributed by atoms with Crippen LogP contribution in [-0.4, -0.2) is 25.2 Å². The molecule has 1 N–H and O–H groups in total. The summed E-state index contributed by atoms with van der Waals surface area (Å²) in [6.45, 7) is 3.56. The van der Waals surface area contributed by atoms with Crippen LogP contribution in [0.25, 0.3) is 0 Å². The van der Waals surface area contributed by atoms with Crippen molar-refractivity contribution >= 4 is 5.97 Å². The normalized spacial score (nSPS) is 25.1. The first-order valence-corrected chi connectivity index (χ1v) is 7.48. The van der Waals surface area contributed by atoms with E-state index < -0.39 is 6.10 Å². The summed E-state index contributed by atoms with van der Waals surface area (Å²) in [5.41, 5.74) is 2.58. The highest BCUT2D eigenvalue weighted by molar-refractivity contribution is 5.76. The molecule has 0 spiro atoms. The third-order valence-electron chi connectivity index (χ3n) is 4.07. The summed E-state index contributed by atoms with van der Waals surface area (Å²) in [4.78, 5) is 11.6. The van der Waals surface area contributed by atoms with Gasteiger partial charge in [0.25, 0.3) is 0 Å². The maximum Gasteiger partial charge on any atom is 0.347 e. The Morgan fingerprint density at radius 3 is 3.05 bits per heavy atom. The van der Waals surface area contributed by atoms with E-state index in [1.54, 1.807) is 0 Å². The third kappa shape index (κ3) is 2.52. The van der Waals surface area contributed by atoms with E-state index >= 15 is 0 Å². The van der Waals surface area contributed by atoms with Gasteiger partial charge in [0.05, 0.1) is 6.61 Å². The molecule has 1 heterocycles. The van der Waals surface area contributed by atoms with Gasteiger partial charge in [-0.3, -0.25) is 0 Å². The van der Waals surface area contributed by atoms with Gasteiger partial charge in [-0.15, -0.1) is 0 Å². The number of ether oxygens (including phenoxy) is 2. The van der Waals surface area contributed by atoms with Crippen molar-refractivity contribution in [3.63, 3.8) is 0 Å². The van der Waals surface area contributed by atoms with Gasteiger partial charge in [0.15, 0.2) is 6.10 Å². The fraction of sp³-hybridized carbons (Fsp3) is 0.562. The fourth-order valence-corrected chi connectivity index (χ4v) is 3.12. The first kappa shape index (κ1) is 13.4. The van der Waals surface area contributed by atoms with E-state index in [0.29, 0.717) is 19.1 Å². The number of hydrogen-bond donors (Lipinski definition) is 1. The van der Waals surface area contributed by atoms with E-state index in [2.05, 4.69) is 18.3 Å². The molecule has 1 aromatic rings. The van der Waals surface area contributed by atoms with Crippen molar-refractivity contribution in [2.45, 2.75) is 44.8 Å². The fourth-order valence-electron chi connectivity index (χ4n) is 3.12. The zero-order valence-corrected chi connectivity index (χ0v) is 11.9. The molecule has 0 saturated carbocycles. The van der Waals surface area contributed by atoms with Crippen molar-refractivity contribution in [2.24, 2.45) is 0 Å². The minimum Gasteiger partial charge on any atom is -0.478 e. The Bertz CT molecular complexity index is 500. The van der Waals surface area contributed by atoms with Crippen LogP contribution in [-0.2, 0) is 16.0 Å². The topological polar surface area (TPSA) is 47.6 Å². The van der Waals surface area contributed by atoms with Crippen molar-refractivity contribution in [1.82, 2.24) is 5.32 Å².